The van der Waals surface area contributed by atoms with Gasteiger partial charge in [-0.25, -0.2) is 9.18 Å². The van der Waals surface area contributed by atoms with Gasteiger partial charge in [0.05, 0.1) is 11.3 Å². The van der Waals surface area contributed by atoms with Gasteiger partial charge in [-0.1, -0.05) is 31.2 Å². The number of hydrogen-bond donors (Lipinski definition) is 2. The number of nitrogens with zero attached hydrogens (tertiary/aromatic N) is 1. The maximum Gasteiger partial charge on any atom is 0.343 e. The Morgan fingerprint density at radius 3 is 2.67 bits per heavy atom. The van der Waals surface area contributed by atoms with E-state index in [1.807, 2.05) is 36.4 Å². The van der Waals surface area contributed by atoms with Gasteiger partial charge in [-0.15, -0.1) is 0 Å². The molecular formula is C23H21FN2O4. The van der Waals surface area contributed by atoms with Crippen molar-refractivity contribution >= 4 is 16.7 Å². The maximum absolute atomic E-state index is 13.5. The Kier molecular flexibility index (Phi) is 4.27. The van der Waals surface area contributed by atoms with Gasteiger partial charge < -0.3 is 9.84 Å². The number of fused-ring (bicyclic) bond motifs is 5. The smallest absolute Gasteiger partial charge is 0.343 e. The van der Waals surface area contributed by atoms with Crippen LogP contribution in [0.3, 0.4) is 0 Å². The molecular weight excluding hydrogens is 387 g/mol. The number of aromatic nitrogens is 1. The van der Waals surface area contributed by atoms with Gasteiger partial charge in [0.1, 0.15) is 19.4 Å². The van der Waals surface area contributed by atoms with E-state index in [2.05, 4.69) is 5.32 Å². The third kappa shape index (κ3) is 2.49. The summed E-state index contributed by atoms with van der Waals surface area (Å²) in [6.07, 6.45) is -0.448. The number of rotatable bonds is 4. The lowest BCUT2D eigenvalue weighted by Crippen LogP contribution is -2.45. The van der Waals surface area contributed by atoms with Gasteiger partial charge in [-0.3, -0.25) is 14.7 Å². The zero-order valence-electron chi connectivity index (χ0n) is 16.4. The highest BCUT2D eigenvalue weighted by Gasteiger charge is 2.46. The van der Waals surface area contributed by atoms with Crippen molar-refractivity contribution in [2.75, 3.05) is 13.2 Å². The van der Waals surface area contributed by atoms with Crippen LogP contribution in [0.4, 0.5) is 4.39 Å². The predicted molar refractivity (Wildman–Crippen MR) is 110 cm³/mol. The van der Waals surface area contributed by atoms with Crippen LogP contribution in [0.2, 0.25) is 0 Å². The fourth-order valence-corrected chi connectivity index (χ4v) is 4.58. The number of ether oxygens (including phenoxy) is 1. The van der Waals surface area contributed by atoms with Gasteiger partial charge in [-0.2, -0.15) is 0 Å². The lowest BCUT2D eigenvalue weighted by atomic mass is 9.85. The van der Waals surface area contributed by atoms with Crippen molar-refractivity contribution in [1.82, 2.24) is 9.88 Å². The number of halogens is 1. The molecule has 0 spiro atoms. The summed E-state index contributed by atoms with van der Waals surface area (Å²) in [5.74, 6) is -0.745. The first kappa shape index (κ1) is 19.0. The number of cyclic esters (lactones) is 1. The summed E-state index contributed by atoms with van der Waals surface area (Å²) in [7, 11) is 0. The van der Waals surface area contributed by atoms with Crippen molar-refractivity contribution in [2.24, 2.45) is 0 Å². The zero-order chi connectivity index (χ0) is 21.0. The van der Waals surface area contributed by atoms with Crippen LogP contribution in [0.25, 0.3) is 22.0 Å². The zero-order valence-corrected chi connectivity index (χ0v) is 16.4. The Labute approximate surface area is 171 Å². The van der Waals surface area contributed by atoms with Crippen LogP contribution in [0.15, 0.2) is 47.3 Å². The second-order valence-corrected chi connectivity index (χ2v) is 7.72. The van der Waals surface area contributed by atoms with Crippen LogP contribution in [0.1, 0.15) is 36.2 Å². The Bertz CT molecular complexity index is 1250. The number of carbonyl (C=O) groups is 1. The molecule has 0 fully saturated rings. The van der Waals surface area contributed by atoms with E-state index in [0.29, 0.717) is 11.3 Å². The average Bonchev–Trinajstić information content (AvgIpc) is 3.06. The van der Waals surface area contributed by atoms with Crippen LogP contribution >= 0.6 is 0 Å². The third-order valence-electron chi connectivity index (χ3n) is 6.16. The van der Waals surface area contributed by atoms with Crippen molar-refractivity contribution in [3.05, 3.63) is 69.5 Å². The van der Waals surface area contributed by atoms with E-state index < -0.39 is 24.4 Å². The normalized spacial score (nSPS) is 21.8. The van der Waals surface area contributed by atoms with Gasteiger partial charge >= 0.3 is 5.97 Å². The summed E-state index contributed by atoms with van der Waals surface area (Å²) >= 11 is 0. The molecule has 30 heavy (non-hydrogen) atoms. The molecule has 0 radical (unpaired) electrons. The Balaban J connectivity index is 1.82. The molecule has 1 aromatic heterocycles. The highest BCUT2D eigenvalue weighted by atomic mass is 19.1. The third-order valence-corrected chi connectivity index (χ3v) is 6.16. The molecule has 0 bridgehead atoms. The Morgan fingerprint density at radius 1 is 1.23 bits per heavy atom. The number of carbonyl (C=O) groups excluding carboxylic acids is 1. The first-order valence-electron chi connectivity index (χ1n) is 10.0. The van der Waals surface area contributed by atoms with Crippen molar-refractivity contribution in [3.8, 4) is 11.3 Å². The van der Waals surface area contributed by atoms with Crippen LogP contribution in [0.5, 0.6) is 0 Å². The molecule has 7 heteroatoms. The first-order chi connectivity index (χ1) is 14.5. The van der Waals surface area contributed by atoms with Crippen molar-refractivity contribution in [2.45, 2.75) is 31.7 Å². The van der Waals surface area contributed by atoms with Crippen molar-refractivity contribution in [1.29, 1.82) is 0 Å². The lowest BCUT2D eigenvalue weighted by Gasteiger charge is -2.32. The molecule has 1 unspecified atom stereocenters. The number of benzene rings is 2. The highest BCUT2D eigenvalue weighted by Crippen LogP contribution is 2.43. The lowest BCUT2D eigenvalue weighted by molar-refractivity contribution is -0.172. The molecule has 0 aliphatic carbocycles. The number of esters is 1. The number of hydrogen-bond acceptors (Lipinski definition) is 5. The molecule has 3 aromatic rings. The summed E-state index contributed by atoms with van der Waals surface area (Å²) < 4.78 is 19.7. The summed E-state index contributed by atoms with van der Waals surface area (Å²) in [6.45, 7) is 1.01. The average molecular weight is 408 g/mol. The molecule has 5 rings (SSSR count). The van der Waals surface area contributed by atoms with Gasteiger partial charge in [0, 0.05) is 17.7 Å². The molecule has 2 aromatic carbocycles. The molecule has 6 nitrogen and oxygen atoms in total. The minimum absolute atomic E-state index is 0.0911. The minimum Gasteiger partial charge on any atom is -0.458 e. The molecule has 2 aliphatic rings. The fourth-order valence-electron chi connectivity index (χ4n) is 4.58. The second kappa shape index (κ2) is 6.75. The largest absolute Gasteiger partial charge is 0.458 e. The summed E-state index contributed by atoms with van der Waals surface area (Å²) in [6, 6.07) is 13.6. The second-order valence-electron chi connectivity index (χ2n) is 7.72. The quantitative estimate of drug-likeness (QED) is 0.649. The Morgan fingerprint density at radius 2 is 1.97 bits per heavy atom. The van der Waals surface area contributed by atoms with Crippen molar-refractivity contribution in [3.63, 3.8) is 0 Å². The number of nitrogens with one attached hydrogen (secondary N) is 1. The molecule has 2 atom stereocenters. The van der Waals surface area contributed by atoms with Crippen molar-refractivity contribution < 1.29 is 19.0 Å². The van der Waals surface area contributed by atoms with E-state index in [9.17, 15) is 19.1 Å². The SMILES string of the molecule is CC[C@@]1(O)C(=O)OCc2c1cc1n(c2=O)C(NCCF)c2cc3ccccc3cc2-1. The first-order valence-corrected chi connectivity index (χ1v) is 10.0. The van der Waals surface area contributed by atoms with E-state index in [-0.39, 0.29) is 30.7 Å². The van der Waals surface area contributed by atoms with E-state index in [1.165, 1.54) is 0 Å². The summed E-state index contributed by atoms with van der Waals surface area (Å²) in [5, 5.41) is 16.1. The van der Waals surface area contributed by atoms with Crippen LogP contribution in [-0.2, 0) is 21.7 Å². The summed E-state index contributed by atoms with van der Waals surface area (Å²) in [5.41, 5.74) is 0.617. The number of pyridine rings is 1. The van der Waals surface area contributed by atoms with E-state index in [0.717, 1.165) is 21.9 Å². The minimum atomic E-state index is -1.86. The van der Waals surface area contributed by atoms with Crippen LogP contribution in [-0.4, -0.2) is 28.9 Å². The van der Waals surface area contributed by atoms with Gasteiger partial charge in [-0.05, 0) is 41.0 Å². The van der Waals surface area contributed by atoms with Gasteiger partial charge in [0.15, 0.2) is 5.60 Å². The number of aliphatic hydroxyl groups is 1. The predicted octanol–water partition coefficient (Wildman–Crippen LogP) is 2.74. The fraction of sp³-hybridized carbons (Fsp3) is 0.304. The topological polar surface area (TPSA) is 80.6 Å². The molecule has 0 saturated carbocycles. The molecule has 0 amide bonds. The maximum atomic E-state index is 13.5. The highest BCUT2D eigenvalue weighted by molar-refractivity contribution is 5.91. The standard InChI is InChI=1S/C23H21FN2O4/c1-2-23(29)18-11-19-15-9-13-5-3-4-6-14(13)10-16(15)20(25-8-7-24)26(19)21(27)17(18)12-30-22(23)28/h3-6,9-11,20,25,29H,2,7-8,12H2,1H3/t20?,23-/m0/s1. The summed E-state index contributed by atoms with van der Waals surface area (Å²) in [4.78, 5) is 25.8. The Hall–Kier alpha value is -3.03. The molecule has 0 saturated heterocycles. The van der Waals surface area contributed by atoms with Gasteiger partial charge in [0.25, 0.3) is 5.56 Å². The number of alkyl halides is 1. The molecule has 2 N–H and O–H groups in total. The van der Waals surface area contributed by atoms with E-state index in [4.69, 9.17) is 4.74 Å². The van der Waals surface area contributed by atoms with Gasteiger partial charge in [0.2, 0.25) is 0 Å². The van der Waals surface area contributed by atoms with Crippen LogP contribution in [0, 0.1) is 0 Å². The molecule has 3 heterocycles. The van der Waals surface area contributed by atoms with Crippen LogP contribution < -0.4 is 10.9 Å². The monoisotopic (exact) mass is 408 g/mol. The van der Waals surface area contributed by atoms with E-state index >= 15 is 0 Å². The van der Waals surface area contributed by atoms with E-state index in [1.54, 1.807) is 17.6 Å². The molecule has 154 valence electrons. The molecule has 2 aliphatic heterocycles.